The van der Waals surface area contributed by atoms with Crippen LogP contribution in [-0.4, -0.2) is 30.9 Å². The number of Topliss-reactive ketones (excluding diaryl/α,β-unsaturated/α-hetero) is 1. The van der Waals surface area contributed by atoms with Gasteiger partial charge < -0.3 is 9.47 Å². The minimum Gasteiger partial charge on any atom is -0.462 e. The first kappa shape index (κ1) is 14.0. The first-order valence-electron chi connectivity index (χ1n) is 6.81. The highest BCUT2D eigenvalue weighted by molar-refractivity contribution is 5.86. The topological polar surface area (TPSA) is 69.7 Å². The van der Waals surface area contributed by atoms with Gasteiger partial charge in [0, 0.05) is 12.8 Å². The second-order valence-electron chi connectivity index (χ2n) is 5.50. The van der Waals surface area contributed by atoms with Crippen molar-refractivity contribution in [3.8, 4) is 0 Å². The molecule has 4 atom stereocenters. The van der Waals surface area contributed by atoms with E-state index in [9.17, 15) is 14.4 Å². The lowest BCUT2D eigenvalue weighted by Gasteiger charge is -2.27. The Morgan fingerprint density at radius 2 is 1.53 bits per heavy atom. The van der Waals surface area contributed by atoms with Crippen LogP contribution in [0.1, 0.15) is 33.1 Å². The zero-order valence-electron chi connectivity index (χ0n) is 11.4. The molecule has 0 N–H and O–H groups in total. The van der Waals surface area contributed by atoms with Crippen molar-refractivity contribution >= 4 is 17.7 Å². The van der Waals surface area contributed by atoms with E-state index in [4.69, 9.17) is 9.47 Å². The normalized spacial score (nSPS) is 32.1. The lowest BCUT2D eigenvalue weighted by Crippen LogP contribution is -2.35. The summed E-state index contributed by atoms with van der Waals surface area (Å²) in [6, 6.07) is 0. The summed E-state index contributed by atoms with van der Waals surface area (Å²) in [6.07, 6.45) is 3.03. The molecular weight excluding hydrogens is 248 g/mol. The van der Waals surface area contributed by atoms with Crippen LogP contribution in [0.4, 0.5) is 0 Å². The van der Waals surface area contributed by atoms with E-state index >= 15 is 0 Å². The van der Waals surface area contributed by atoms with Crippen molar-refractivity contribution in [2.24, 2.45) is 23.7 Å². The lowest BCUT2D eigenvalue weighted by atomic mass is 9.77. The number of hydrogen-bond donors (Lipinski definition) is 0. The molecule has 0 aromatic heterocycles. The summed E-state index contributed by atoms with van der Waals surface area (Å²) in [5, 5.41) is 0. The molecule has 0 aliphatic heterocycles. The van der Waals surface area contributed by atoms with Crippen molar-refractivity contribution < 1.29 is 23.9 Å². The molecule has 5 nitrogen and oxygen atoms in total. The van der Waals surface area contributed by atoms with E-state index < -0.39 is 5.97 Å². The van der Waals surface area contributed by atoms with Crippen LogP contribution >= 0.6 is 0 Å². The van der Waals surface area contributed by atoms with Gasteiger partial charge >= 0.3 is 11.9 Å². The number of carbonyl (C=O) groups excluding carboxylic acids is 3. The number of fused-ring (bicyclic) bond motifs is 2. The number of rotatable bonds is 5. The molecule has 2 fully saturated rings. The summed E-state index contributed by atoms with van der Waals surface area (Å²) in [7, 11) is 0. The lowest BCUT2D eigenvalue weighted by molar-refractivity contribution is -0.158. The molecule has 0 heterocycles. The van der Waals surface area contributed by atoms with Gasteiger partial charge in [0.05, 0.1) is 5.92 Å². The summed E-state index contributed by atoms with van der Waals surface area (Å²) >= 11 is 0. The molecule has 2 aliphatic carbocycles. The molecule has 0 saturated heterocycles. The number of esters is 2. The van der Waals surface area contributed by atoms with Gasteiger partial charge in [-0.1, -0.05) is 0 Å². The van der Waals surface area contributed by atoms with Gasteiger partial charge in [0.1, 0.15) is 19.0 Å². The quantitative estimate of drug-likeness (QED) is 0.556. The van der Waals surface area contributed by atoms with E-state index in [0.29, 0.717) is 11.8 Å². The van der Waals surface area contributed by atoms with E-state index in [1.807, 2.05) is 0 Å². The molecule has 0 spiro atoms. The third-order valence-electron chi connectivity index (χ3n) is 4.29. The van der Waals surface area contributed by atoms with Crippen LogP contribution < -0.4 is 0 Å². The Bertz CT molecular complexity index is 389. The molecule has 106 valence electrons. The van der Waals surface area contributed by atoms with Crippen LogP contribution in [0.5, 0.6) is 0 Å². The average Bonchev–Trinajstić information content (AvgIpc) is 2.93. The maximum atomic E-state index is 12.1. The largest absolute Gasteiger partial charge is 0.462 e. The minimum atomic E-state index is -0.391. The Morgan fingerprint density at radius 1 is 0.947 bits per heavy atom. The molecule has 4 unspecified atom stereocenters. The Labute approximate surface area is 112 Å². The van der Waals surface area contributed by atoms with E-state index in [0.717, 1.165) is 19.3 Å². The van der Waals surface area contributed by atoms with Gasteiger partial charge in [-0.25, -0.2) is 0 Å². The predicted octanol–water partition coefficient (Wildman–Crippen LogP) is 1.34. The number of ether oxygens (including phenoxy) is 2. The van der Waals surface area contributed by atoms with Gasteiger partial charge in [0.25, 0.3) is 0 Å². The highest BCUT2D eigenvalue weighted by Crippen LogP contribution is 2.52. The van der Waals surface area contributed by atoms with Gasteiger partial charge in [0.2, 0.25) is 0 Å². The van der Waals surface area contributed by atoms with Crippen LogP contribution in [0.3, 0.4) is 0 Å². The maximum Gasteiger partial charge on any atom is 0.310 e. The fraction of sp³-hybridized carbons (Fsp3) is 0.786. The van der Waals surface area contributed by atoms with Gasteiger partial charge in [-0.2, -0.15) is 0 Å². The Hall–Kier alpha value is -1.39. The van der Waals surface area contributed by atoms with E-state index in [1.165, 1.54) is 6.92 Å². The smallest absolute Gasteiger partial charge is 0.310 e. The van der Waals surface area contributed by atoms with Crippen molar-refractivity contribution in [3.05, 3.63) is 0 Å². The van der Waals surface area contributed by atoms with Crippen LogP contribution in [0.2, 0.25) is 0 Å². The van der Waals surface area contributed by atoms with Crippen molar-refractivity contribution in [2.45, 2.75) is 33.1 Å². The molecule has 2 aliphatic rings. The third-order valence-corrected chi connectivity index (χ3v) is 4.29. The van der Waals surface area contributed by atoms with Crippen LogP contribution in [-0.2, 0) is 23.9 Å². The SMILES string of the molecule is CC(=O)OCCOC(=O)C1C2CCC(C2)C1C(C)=O. The van der Waals surface area contributed by atoms with E-state index in [2.05, 4.69) is 0 Å². The Balaban J connectivity index is 1.87. The predicted molar refractivity (Wildman–Crippen MR) is 66.1 cm³/mol. The number of hydrogen-bond acceptors (Lipinski definition) is 5. The maximum absolute atomic E-state index is 12.1. The minimum absolute atomic E-state index is 0.0664. The Morgan fingerprint density at radius 3 is 2.11 bits per heavy atom. The fourth-order valence-corrected chi connectivity index (χ4v) is 3.64. The second kappa shape index (κ2) is 5.72. The molecule has 5 heteroatoms. The molecule has 0 aromatic rings. The van der Waals surface area contributed by atoms with Crippen molar-refractivity contribution in [1.82, 2.24) is 0 Å². The average molecular weight is 268 g/mol. The van der Waals surface area contributed by atoms with Crippen LogP contribution in [0.15, 0.2) is 0 Å². The van der Waals surface area contributed by atoms with E-state index in [1.54, 1.807) is 6.92 Å². The number of carbonyl (C=O) groups is 3. The van der Waals surface area contributed by atoms with Gasteiger partial charge in [0.15, 0.2) is 0 Å². The zero-order chi connectivity index (χ0) is 14.0. The molecule has 0 radical (unpaired) electrons. The van der Waals surface area contributed by atoms with Crippen molar-refractivity contribution in [2.75, 3.05) is 13.2 Å². The van der Waals surface area contributed by atoms with Crippen molar-refractivity contribution in [3.63, 3.8) is 0 Å². The molecule has 2 bridgehead atoms. The van der Waals surface area contributed by atoms with Gasteiger partial charge in [-0.3, -0.25) is 14.4 Å². The molecular formula is C14H20O5. The van der Waals surface area contributed by atoms with Crippen LogP contribution in [0, 0.1) is 23.7 Å². The molecule has 0 amide bonds. The highest BCUT2D eigenvalue weighted by Gasteiger charge is 2.53. The molecule has 19 heavy (non-hydrogen) atoms. The molecule has 0 aromatic carbocycles. The summed E-state index contributed by atoms with van der Waals surface area (Å²) in [4.78, 5) is 34.4. The zero-order valence-corrected chi connectivity index (χ0v) is 11.4. The summed E-state index contributed by atoms with van der Waals surface area (Å²) in [5.74, 6) is -0.409. The first-order valence-corrected chi connectivity index (χ1v) is 6.81. The summed E-state index contributed by atoms with van der Waals surface area (Å²) < 4.78 is 9.85. The molecule has 2 rings (SSSR count). The van der Waals surface area contributed by atoms with Crippen molar-refractivity contribution in [1.29, 1.82) is 0 Å². The van der Waals surface area contributed by atoms with Gasteiger partial charge in [-0.15, -0.1) is 0 Å². The first-order chi connectivity index (χ1) is 9.00. The van der Waals surface area contributed by atoms with Gasteiger partial charge in [-0.05, 0) is 38.0 Å². The monoisotopic (exact) mass is 268 g/mol. The van der Waals surface area contributed by atoms with E-state index in [-0.39, 0.29) is 36.8 Å². The van der Waals surface area contributed by atoms with Crippen LogP contribution in [0.25, 0.3) is 0 Å². The standard InChI is InChI=1S/C14H20O5/c1-8(15)12-10-3-4-11(7-10)13(12)14(17)19-6-5-18-9(2)16/h10-13H,3-7H2,1-2H3. The Kier molecular flexibility index (Phi) is 4.22. The second-order valence-corrected chi connectivity index (χ2v) is 5.50. The highest BCUT2D eigenvalue weighted by atomic mass is 16.6. The number of ketones is 1. The summed E-state index contributed by atoms with van der Waals surface area (Å²) in [6.45, 7) is 3.01. The summed E-state index contributed by atoms with van der Waals surface area (Å²) in [5.41, 5.74) is 0. The third kappa shape index (κ3) is 2.96. The fourth-order valence-electron chi connectivity index (χ4n) is 3.64. The molecule has 2 saturated carbocycles.